The van der Waals surface area contributed by atoms with Gasteiger partial charge in [0.2, 0.25) is 0 Å². The molecule has 0 fully saturated rings. The summed E-state index contributed by atoms with van der Waals surface area (Å²) in [7, 11) is 0. The quantitative estimate of drug-likeness (QED) is 0.537. The Kier molecular flexibility index (Phi) is 3.70. The van der Waals surface area contributed by atoms with Crippen molar-refractivity contribution in [2.24, 2.45) is 0 Å². The molecule has 3 aromatic rings. The van der Waals surface area contributed by atoms with E-state index in [0.29, 0.717) is 18.5 Å². The summed E-state index contributed by atoms with van der Waals surface area (Å²) in [6.45, 7) is 0.546. The van der Waals surface area contributed by atoms with Crippen LogP contribution in [-0.4, -0.2) is 39.3 Å². The molecule has 2 aromatic heterocycles. The second-order valence-corrected chi connectivity index (χ2v) is 4.79. The van der Waals surface area contributed by atoms with Gasteiger partial charge in [-0.25, -0.2) is 0 Å². The molecule has 0 saturated carbocycles. The number of H-pyrrole nitrogens is 2. The van der Waals surface area contributed by atoms with Gasteiger partial charge in [0, 0.05) is 35.8 Å². The van der Waals surface area contributed by atoms with Crippen LogP contribution in [-0.2, 0) is 0 Å². The maximum Gasteiger partial charge on any atom is 0.251 e. The molecule has 0 radical (unpaired) electrons. The van der Waals surface area contributed by atoms with E-state index in [2.05, 4.69) is 20.5 Å². The molecule has 1 aromatic carbocycles. The van der Waals surface area contributed by atoms with Crippen molar-refractivity contribution in [1.29, 1.82) is 0 Å². The van der Waals surface area contributed by atoms with E-state index >= 15 is 0 Å². The molecule has 108 valence electrons. The van der Waals surface area contributed by atoms with E-state index in [1.54, 1.807) is 12.3 Å². The maximum atomic E-state index is 12.0. The molecule has 0 aliphatic carbocycles. The highest BCUT2D eigenvalue weighted by molar-refractivity contribution is 5.98. The molecule has 0 aliphatic rings. The first-order valence-electron chi connectivity index (χ1n) is 6.79. The first-order chi connectivity index (χ1) is 10.3. The molecular weight excluding hydrogens is 268 g/mol. The Labute approximate surface area is 121 Å². The SMILES string of the molecule is O=C(NCCCO)c1ccc2[nH]c(-c3ccn[nH]3)cc2c1. The molecule has 0 unspecified atom stereocenters. The molecule has 6 nitrogen and oxygen atoms in total. The van der Waals surface area contributed by atoms with Crippen molar-refractivity contribution in [2.75, 3.05) is 13.2 Å². The van der Waals surface area contributed by atoms with Crippen LogP contribution in [0.25, 0.3) is 22.3 Å². The minimum absolute atomic E-state index is 0.0741. The van der Waals surface area contributed by atoms with Gasteiger partial charge in [-0.1, -0.05) is 0 Å². The fourth-order valence-corrected chi connectivity index (χ4v) is 2.21. The summed E-state index contributed by atoms with van der Waals surface area (Å²) >= 11 is 0. The van der Waals surface area contributed by atoms with Crippen LogP contribution in [0.2, 0.25) is 0 Å². The second-order valence-electron chi connectivity index (χ2n) is 4.79. The maximum absolute atomic E-state index is 12.0. The summed E-state index contributed by atoms with van der Waals surface area (Å²) in [6.07, 6.45) is 2.25. The highest BCUT2D eigenvalue weighted by Gasteiger charge is 2.09. The summed E-state index contributed by atoms with van der Waals surface area (Å²) in [6, 6.07) is 9.38. The van der Waals surface area contributed by atoms with Gasteiger partial charge in [0.25, 0.3) is 5.91 Å². The molecule has 0 spiro atoms. The largest absolute Gasteiger partial charge is 0.396 e. The van der Waals surface area contributed by atoms with E-state index in [0.717, 1.165) is 22.3 Å². The number of benzene rings is 1. The number of aromatic amines is 2. The van der Waals surface area contributed by atoms with Crippen molar-refractivity contribution in [2.45, 2.75) is 6.42 Å². The highest BCUT2D eigenvalue weighted by atomic mass is 16.3. The Hall–Kier alpha value is -2.60. The van der Waals surface area contributed by atoms with Gasteiger partial charge in [-0.05, 0) is 36.8 Å². The Bertz CT molecular complexity index is 746. The fraction of sp³-hybridized carbons (Fsp3) is 0.200. The number of rotatable bonds is 5. The first-order valence-corrected chi connectivity index (χ1v) is 6.79. The number of nitrogens with zero attached hydrogens (tertiary/aromatic N) is 1. The third-order valence-corrected chi connectivity index (χ3v) is 3.29. The van der Waals surface area contributed by atoms with E-state index < -0.39 is 0 Å². The molecule has 3 rings (SSSR count). The second kappa shape index (κ2) is 5.80. The van der Waals surface area contributed by atoms with Crippen LogP contribution in [0.4, 0.5) is 0 Å². The van der Waals surface area contributed by atoms with Gasteiger partial charge in [0.05, 0.1) is 11.4 Å². The van der Waals surface area contributed by atoms with Gasteiger partial charge in [-0.2, -0.15) is 5.10 Å². The topological polar surface area (TPSA) is 93.8 Å². The molecule has 6 heteroatoms. The summed E-state index contributed by atoms with van der Waals surface area (Å²) in [5, 5.41) is 19.3. The number of aliphatic hydroxyl groups is 1. The van der Waals surface area contributed by atoms with E-state index in [1.807, 2.05) is 24.3 Å². The van der Waals surface area contributed by atoms with Crippen molar-refractivity contribution in [3.8, 4) is 11.4 Å². The number of hydrogen-bond donors (Lipinski definition) is 4. The molecule has 4 N–H and O–H groups in total. The average Bonchev–Trinajstić information content (AvgIpc) is 3.15. The Morgan fingerprint density at radius 3 is 2.90 bits per heavy atom. The number of fused-ring (bicyclic) bond motifs is 1. The van der Waals surface area contributed by atoms with Crippen LogP contribution >= 0.6 is 0 Å². The summed E-state index contributed by atoms with van der Waals surface area (Å²) in [5.74, 6) is -0.130. The van der Waals surface area contributed by atoms with Crippen molar-refractivity contribution < 1.29 is 9.90 Å². The lowest BCUT2D eigenvalue weighted by atomic mass is 10.1. The predicted octanol–water partition coefficient (Wildman–Crippen LogP) is 1.67. The van der Waals surface area contributed by atoms with Gasteiger partial charge in [-0.15, -0.1) is 0 Å². The van der Waals surface area contributed by atoms with E-state index in [9.17, 15) is 4.79 Å². The van der Waals surface area contributed by atoms with Crippen molar-refractivity contribution in [3.63, 3.8) is 0 Å². The van der Waals surface area contributed by atoms with Crippen LogP contribution in [0.1, 0.15) is 16.8 Å². The monoisotopic (exact) mass is 284 g/mol. The number of amides is 1. The fourth-order valence-electron chi connectivity index (χ4n) is 2.21. The molecule has 0 bridgehead atoms. The highest BCUT2D eigenvalue weighted by Crippen LogP contribution is 2.23. The number of nitrogens with one attached hydrogen (secondary N) is 3. The van der Waals surface area contributed by atoms with Crippen molar-refractivity contribution in [1.82, 2.24) is 20.5 Å². The number of hydrogen-bond acceptors (Lipinski definition) is 3. The van der Waals surface area contributed by atoms with Gasteiger partial charge < -0.3 is 15.4 Å². The third-order valence-electron chi connectivity index (χ3n) is 3.29. The Balaban J connectivity index is 1.84. The zero-order valence-electron chi connectivity index (χ0n) is 11.4. The lowest BCUT2D eigenvalue weighted by Crippen LogP contribution is -2.24. The van der Waals surface area contributed by atoms with E-state index in [4.69, 9.17) is 5.11 Å². The minimum Gasteiger partial charge on any atom is -0.396 e. The lowest BCUT2D eigenvalue weighted by Gasteiger charge is -2.03. The van der Waals surface area contributed by atoms with Crippen LogP contribution in [0.5, 0.6) is 0 Å². The predicted molar refractivity (Wildman–Crippen MR) is 79.9 cm³/mol. The molecule has 2 heterocycles. The third kappa shape index (κ3) is 2.80. The normalized spacial score (nSPS) is 10.9. The number of carbonyl (C=O) groups is 1. The summed E-state index contributed by atoms with van der Waals surface area (Å²) < 4.78 is 0. The zero-order chi connectivity index (χ0) is 14.7. The molecule has 1 amide bonds. The zero-order valence-corrected chi connectivity index (χ0v) is 11.4. The van der Waals surface area contributed by atoms with Crippen LogP contribution in [0.3, 0.4) is 0 Å². The van der Waals surface area contributed by atoms with Crippen molar-refractivity contribution >= 4 is 16.8 Å². The Morgan fingerprint density at radius 1 is 1.24 bits per heavy atom. The van der Waals surface area contributed by atoms with Gasteiger partial charge in [-0.3, -0.25) is 9.89 Å². The Morgan fingerprint density at radius 2 is 2.14 bits per heavy atom. The molecular formula is C15H16N4O2. The van der Waals surface area contributed by atoms with E-state index in [-0.39, 0.29) is 12.5 Å². The van der Waals surface area contributed by atoms with Gasteiger partial charge in [0.1, 0.15) is 0 Å². The number of aliphatic hydroxyl groups excluding tert-OH is 1. The molecule has 21 heavy (non-hydrogen) atoms. The molecule has 0 atom stereocenters. The summed E-state index contributed by atoms with van der Waals surface area (Å²) in [4.78, 5) is 15.3. The van der Waals surface area contributed by atoms with Crippen LogP contribution in [0, 0.1) is 0 Å². The summed E-state index contributed by atoms with van der Waals surface area (Å²) in [5.41, 5.74) is 3.41. The lowest BCUT2D eigenvalue weighted by molar-refractivity contribution is 0.0951. The van der Waals surface area contributed by atoms with E-state index in [1.165, 1.54) is 0 Å². The van der Waals surface area contributed by atoms with Gasteiger partial charge in [0.15, 0.2) is 0 Å². The minimum atomic E-state index is -0.130. The molecule has 0 saturated heterocycles. The first kappa shape index (κ1) is 13.4. The number of carbonyl (C=O) groups excluding carboxylic acids is 1. The number of aromatic nitrogens is 3. The van der Waals surface area contributed by atoms with Crippen molar-refractivity contribution in [3.05, 3.63) is 42.1 Å². The van der Waals surface area contributed by atoms with Crippen LogP contribution < -0.4 is 5.32 Å². The molecule has 0 aliphatic heterocycles. The van der Waals surface area contributed by atoms with Crippen LogP contribution in [0.15, 0.2) is 36.5 Å². The van der Waals surface area contributed by atoms with Gasteiger partial charge >= 0.3 is 0 Å². The average molecular weight is 284 g/mol. The smallest absolute Gasteiger partial charge is 0.251 e. The standard InChI is InChI=1S/C15H16N4O2/c20-7-1-5-16-15(21)10-2-3-12-11(8-10)9-14(18-12)13-4-6-17-19-13/h2-4,6,8-9,18,20H,1,5,7H2,(H,16,21)(H,17,19).